The van der Waals surface area contributed by atoms with Crippen molar-refractivity contribution in [2.24, 2.45) is 0 Å². The Bertz CT molecular complexity index is 746. The highest BCUT2D eigenvalue weighted by Crippen LogP contribution is 2.31. The minimum absolute atomic E-state index is 0.523. The first-order valence-electron chi connectivity index (χ1n) is 6.28. The molecule has 0 bridgehead atoms. The van der Waals surface area contributed by atoms with Crippen LogP contribution >= 0.6 is 23.4 Å². The van der Waals surface area contributed by atoms with E-state index in [1.54, 1.807) is 6.07 Å². The molecular weight excluding hydrogens is 306 g/mol. The van der Waals surface area contributed by atoms with Crippen LogP contribution in [0.4, 0.5) is 5.69 Å². The van der Waals surface area contributed by atoms with Crippen molar-refractivity contribution in [3.05, 3.63) is 59.4 Å². The SMILES string of the molecule is Nc1ccc(SCc2nnc(-c3ccccc3)o2)c(Cl)c1. The van der Waals surface area contributed by atoms with Crippen LogP contribution in [0.5, 0.6) is 0 Å². The third kappa shape index (κ3) is 3.37. The number of benzene rings is 2. The average Bonchev–Trinajstić information content (AvgIpc) is 2.96. The van der Waals surface area contributed by atoms with Crippen LogP contribution in [0.15, 0.2) is 57.8 Å². The summed E-state index contributed by atoms with van der Waals surface area (Å²) in [6, 6.07) is 15.1. The molecule has 4 nitrogen and oxygen atoms in total. The Morgan fingerprint density at radius 3 is 2.67 bits per heavy atom. The fourth-order valence-electron chi connectivity index (χ4n) is 1.78. The van der Waals surface area contributed by atoms with E-state index in [2.05, 4.69) is 10.2 Å². The molecule has 0 amide bonds. The van der Waals surface area contributed by atoms with Gasteiger partial charge in [-0.05, 0) is 30.3 Å². The average molecular weight is 318 g/mol. The van der Waals surface area contributed by atoms with Crippen LogP contribution in [0.2, 0.25) is 5.02 Å². The van der Waals surface area contributed by atoms with Crippen molar-refractivity contribution >= 4 is 29.1 Å². The highest BCUT2D eigenvalue weighted by atomic mass is 35.5. The first-order valence-corrected chi connectivity index (χ1v) is 7.64. The number of anilines is 1. The number of aromatic nitrogens is 2. The minimum atomic E-state index is 0.523. The smallest absolute Gasteiger partial charge is 0.247 e. The van der Waals surface area contributed by atoms with Gasteiger partial charge in [0.25, 0.3) is 0 Å². The van der Waals surface area contributed by atoms with Crippen molar-refractivity contribution in [1.82, 2.24) is 10.2 Å². The largest absolute Gasteiger partial charge is 0.420 e. The van der Waals surface area contributed by atoms with Crippen LogP contribution in [-0.4, -0.2) is 10.2 Å². The molecule has 0 saturated heterocycles. The molecule has 2 N–H and O–H groups in total. The molecule has 21 heavy (non-hydrogen) atoms. The van der Waals surface area contributed by atoms with Gasteiger partial charge in [0.2, 0.25) is 11.8 Å². The van der Waals surface area contributed by atoms with Crippen LogP contribution in [0, 0.1) is 0 Å². The number of nitrogens with two attached hydrogens (primary N) is 1. The number of nitrogen functional groups attached to an aromatic ring is 1. The van der Waals surface area contributed by atoms with Gasteiger partial charge in [-0.2, -0.15) is 0 Å². The Balaban J connectivity index is 1.70. The Hall–Kier alpha value is -1.98. The Kier molecular flexibility index (Phi) is 4.13. The summed E-state index contributed by atoms with van der Waals surface area (Å²) in [6.07, 6.45) is 0. The Morgan fingerprint density at radius 1 is 1.10 bits per heavy atom. The van der Waals surface area contributed by atoms with Gasteiger partial charge in [0, 0.05) is 16.1 Å². The number of thioether (sulfide) groups is 1. The lowest BCUT2D eigenvalue weighted by Gasteiger charge is -2.02. The van der Waals surface area contributed by atoms with Crippen LogP contribution in [0.3, 0.4) is 0 Å². The van der Waals surface area contributed by atoms with Crippen molar-refractivity contribution in [2.45, 2.75) is 10.6 Å². The van der Waals surface area contributed by atoms with E-state index in [0.29, 0.717) is 28.2 Å². The summed E-state index contributed by atoms with van der Waals surface area (Å²) in [5, 5.41) is 8.73. The zero-order valence-electron chi connectivity index (χ0n) is 11.0. The third-order valence-corrected chi connectivity index (χ3v) is 4.28. The fraction of sp³-hybridized carbons (Fsp3) is 0.0667. The molecule has 3 aromatic rings. The van der Waals surface area contributed by atoms with E-state index in [9.17, 15) is 0 Å². The minimum Gasteiger partial charge on any atom is -0.420 e. The van der Waals surface area contributed by atoms with Gasteiger partial charge in [-0.1, -0.05) is 29.8 Å². The number of halogens is 1. The van der Waals surface area contributed by atoms with E-state index in [1.165, 1.54) is 11.8 Å². The van der Waals surface area contributed by atoms with Gasteiger partial charge in [0.05, 0.1) is 10.8 Å². The lowest BCUT2D eigenvalue weighted by atomic mass is 10.2. The lowest BCUT2D eigenvalue weighted by molar-refractivity contribution is 0.528. The molecule has 0 aliphatic carbocycles. The second-order valence-electron chi connectivity index (χ2n) is 4.35. The second kappa shape index (κ2) is 6.20. The summed E-state index contributed by atoms with van der Waals surface area (Å²) in [5.74, 6) is 1.64. The van der Waals surface area contributed by atoms with Gasteiger partial charge in [0.15, 0.2) is 0 Å². The van der Waals surface area contributed by atoms with Gasteiger partial charge in [0.1, 0.15) is 0 Å². The van der Waals surface area contributed by atoms with Gasteiger partial charge in [-0.3, -0.25) is 0 Å². The Labute approximate surface area is 131 Å². The van der Waals surface area contributed by atoms with Crippen LogP contribution in [-0.2, 0) is 5.75 Å². The first-order chi connectivity index (χ1) is 10.2. The molecule has 0 aliphatic heterocycles. The van der Waals surface area contributed by atoms with Crippen molar-refractivity contribution in [1.29, 1.82) is 0 Å². The molecule has 1 aromatic heterocycles. The van der Waals surface area contributed by atoms with Gasteiger partial charge >= 0.3 is 0 Å². The van der Waals surface area contributed by atoms with Crippen molar-refractivity contribution < 1.29 is 4.42 Å². The van der Waals surface area contributed by atoms with Gasteiger partial charge in [-0.25, -0.2) is 0 Å². The van der Waals surface area contributed by atoms with E-state index in [0.717, 1.165) is 10.5 Å². The third-order valence-electron chi connectivity index (χ3n) is 2.79. The van der Waals surface area contributed by atoms with E-state index in [1.807, 2.05) is 42.5 Å². The van der Waals surface area contributed by atoms with Crippen molar-refractivity contribution in [3.63, 3.8) is 0 Å². The Morgan fingerprint density at radius 2 is 1.90 bits per heavy atom. The second-order valence-corrected chi connectivity index (χ2v) is 5.77. The summed E-state index contributed by atoms with van der Waals surface area (Å²) in [4.78, 5) is 0.935. The number of hydrogen-bond acceptors (Lipinski definition) is 5. The van der Waals surface area contributed by atoms with Crippen molar-refractivity contribution in [3.8, 4) is 11.5 Å². The summed E-state index contributed by atoms with van der Waals surface area (Å²) in [6.45, 7) is 0. The predicted molar refractivity (Wildman–Crippen MR) is 85.2 cm³/mol. The molecule has 6 heteroatoms. The molecule has 0 aliphatic rings. The standard InChI is InChI=1S/C15H12ClN3OS/c16-12-8-11(17)6-7-13(12)21-9-14-18-19-15(20-14)10-4-2-1-3-5-10/h1-8H,9,17H2. The molecule has 3 rings (SSSR count). The van der Waals surface area contributed by atoms with Crippen molar-refractivity contribution in [2.75, 3.05) is 5.73 Å². The number of hydrogen-bond donors (Lipinski definition) is 1. The number of nitrogens with zero attached hydrogens (tertiary/aromatic N) is 2. The summed E-state index contributed by atoms with van der Waals surface area (Å²) >= 11 is 7.66. The fourth-order valence-corrected chi connectivity index (χ4v) is 2.89. The molecule has 0 fully saturated rings. The normalized spacial score (nSPS) is 10.7. The number of rotatable bonds is 4. The van der Waals surface area contributed by atoms with Crippen LogP contribution < -0.4 is 5.73 Å². The molecular formula is C15H12ClN3OS. The predicted octanol–water partition coefficient (Wildman–Crippen LogP) is 4.26. The molecule has 1 heterocycles. The topological polar surface area (TPSA) is 64.9 Å². The van der Waals surface area contributed by atoms with E-state index >= 15 is 0 Å². The molecule has 0 saturated carbocycles. The highest BCUT2D eigenvalue weighted by Gasteiger charge is 2.09. The van der Waals surface area contributed by atoms with E-state index in [-0.39, 0.29) is 0 Å². The first kappa shape index (κ1) is 14.0. The van der Waals surface area contributed by atoms with Gasteiger partial charge in [-0.15, -0.1) is 22.0 Å². The molecule has 2 aromatic carbocycles. The summed E-state index contributed by atoms with van der Waals surface area (Å²) in [5.41, 5.74) is 7.22. The molecule has 106 valence electrons. The monoisotopic (exact) mass is 317 g/mol. The van der Waals surface area contributed by atoms with Crippen LogP contribution in [0.25, 0.3) is 11.5 Å². The maximum absolute atomic E-state index is 6.13. The zero-order chi connectivity index (χ0) is 14.7. The van der Waals surface area contributed by atoms with E-state index in [4.69, 9.17) is 21.8 Å². The molecule has 0 atom stereocenters. The molecule has 0 radical (unpaired) electrons. The maximum Gasteiger partial charge on any atom is 0.247 e. The molecule has 0 spiro atoms. The lowest BCUT2D eigenvalue weighted by Crippen LogP contribution is -1.85. The maximum atomic E-state index is 6.13. The highest BCUT2D eigenvalue weighted by molar-refractivity contribution is 7.98. The zero-order valence-corrected chi connectivity index (χ0v) is 12.6. The van der Waals surface area contributed by atoms with Crippen LogP contribution in [0.1, 0.15) is 5.89 Å². The van der Waals surface area contributed by atoms with E-state index < -0.39 is 0 Å². The summed E-state index contributed by atoms with van der Waals surface area (Å²) < 4.78 is 5.64. The summed E-state index contributed by atoms with van der Waals surface area (Å²) in [7, 11) is 0. The quantitative estimate of drug-likeness (QED) is 0.575. The van der Waals surface area contributed by atoms with Gasteiger partial charge < -0.3 is 10.2 Å². The molecule has 0 unspecified atom stereocenters.